The van der Waals surface area contributed by atoms with E-state index in [1.807, 2.05) is 35.2 Å². The maximum Gasteiger partial charge on any atom is 0.255 e. The van der Waals surface area contributed by atoms with E-state index in [1.165, 1.54) is 0 Å². The van der Waals surface area contributed by atoms with Gasteiger partial charge in [0.2, 0.25) is 0 Å². The van der Waals surface area contributed by atoms with Crippen molar-refractivity contribution in [2.24, 2.45) is 5.92 Å². The molecule has 1 aliphatic heterocycles. The van der Waals surface area contributed by atoms with Gasteiger partial charge in [0.05, 0.1) is 17.4 Å². The molecule has 1 fully saturated rings. The highest BCUT2D eigenvalue weighted by atomic mass is 79.9. The first-order valence-electron chi connectivity index (χ1n) is 7.89. The first-order chi connectivity index (χ1) is 11.1. The predicted molar refractivity (Wildman–Crippen MR) is 96.0 cm³/mol. The molecule has 3 rings (SSSR count). The van der Waals surface area contributed by atoms with E-state index in [9.17, 15) is 4.79 Å². The number of benzene rings is 1. The normalized spacial score (nSPS) is 15.5. The number of carbonyl (C=O) groups excluding carboxylic acids is 1. The van der Waals surface area contributed by atoms with Crippen LogP contribution in [-0.2, 0) is 0 Å². The first-order valence-corrected chi connectivity index (χ1v) is 8.68. The van der Waals surface area contributed by atoms with Crippen LogP contribution in [0.25, 0.3) is 0 Å². The number of halogens is 1. The number of anilines is 2. The van der Waals surface area contributed by atoms with Gasteiger partial charge in [-0.15, -0.1) is 0 Å². The topological polar surface area (TPSA) is 45.2 Å². The second-order valence-corrected chi connectivity index (χ2v) is 6.98. The van der Waals surface area contributed by atoms with Gasteiger partial charge in [-0.2, -0.15) is 0 Å². The molecule has 23 heavy (non-hydrogen) atoms. The SMILES string of the molecule is CC1CCN(C(=O)c2cncc(Nc3ccc(Br)cc3)c2)CC1. The fraction of sp³-hybridized carbons (Fsp3) is 0.333. The third kappa shape index (κ3) is 4.10. The molecule has 4 nitrogen and oxygen atoms in total. The molecule has 0 bridgehead atoms. The number of nitrogens with zero attached hydrogens (tertiary/aromatic N) is 2. The van der Waals surface area contributed by atoms with Crippen LogP contribution in [-0.4, -0.2) is 28.9 Å². The van der Waals surface area contributed by atoms with Crippen molar-refractivity contribution in [3.8, 4) is 0 Å². The standard InChI is InChI=1S/C18H20BrN3O/c1-13-6-8-22(9-7-13)18(23)14-10-17(12-20-11-14)21-16-4-2-15(19)3-5-16/h2-5,10-13,21H,6-9H2,1H3. The zero-order valence-corrected chi connectivity index (χ0v) is 14.7. The Morgan fingerprint density at radius 3 is 2.57 bits per heavy atom. The lowest BCUT2D eigenvalue weighted by Gasteiger charge is -2.30. The fourth-order valence-electron chi connectivity index (χ4n) is 2.72. The summed E-state index contributed by atoms with van der Waals surface area (Å²) in [6.07, 6.45) is 5.54. The zero-order valence-electron chi connectivity index (χ0n) is 13.1. The molecular formula is C18H20BrN3O. The number of aromatic nitrogens is 1. The Bertz CT molecular complexity index is 679. The van der Waals surface area contributed by atoms with Gasteiger partial charge in [0.1, 0.15) is 0 Å². The Balaban J connectivity index is 1.71. The molecule has 5 heteroatoms. The van der Waals surface area contributed by atoms with E-state index in [2.05, 4.69) is 33.2 Å². The largest absolute Gasteiger partial charge is 0.354 e. The van der Waals surface area contributed by atoms with E-state index in [-0.39, 0.29) is 5.91 Å². The van der Waals surface area contributed by atoms with E-state index in [0.717, 1.165) is 41.8 Å². The van der Waals surface area contributed by atoms with Crippen LogP contribution in [0.4, 0.5) is 11.4 Å². The molecule has 2 heterocycles. The Morgan fingerprint density at radius 2 is 1.87 bits per heavy atom. The molecule has 0 radical (unpaired) electrons. The van der Waals surface area contributed by atoms with Crippen molar-refractivity contribution in [2.45, 2.75) is 19.8 Å². The minimum absolute atomic E-state index is 0.0730. The van der Waals surface area contributed by atoms with Crippen molar-refractivity contribution >= 4 is 33.2 Å². The summed E-state index contributed by atoms with van der Waals surface area (Å²) in [6, 6.07) is 9.77. The maximum atomic E-state index is 12.6. The lowest BCUT2D eigenvalue weighted by molar-refractivity contribution is 0.0697. The van der Waals surface area contributed by atoms with Gasteiger partial charge >= 0.3 is 0 Å². The van der Waals surface area contributed by atoms with Crippen LogP contribution in [0.15, 0.2) is 47.2 Å². The van der Waals surface area contributed by atoms with Gasteiger partial charge in [-0.05, 0) is 49.1 Å². The third-order valence-corrected chi connectivity index (χ3v) is 4.72. The molecule has 1 aliphatic rings. The molecule has 1 N–H and O–H groups in total. The van der Waals surface area contributed by atoms with Gasteiger partial charge in [0.15, 0.2) is 0 Å². The molecule has 0 aliphatic carbocycles. The molecule has 2 aromatic rings. The number of piperidine rings is 1. The van der Waals surface area contributed by atoms with Gasteiger partial charge in [-0.3, -0.25) is 9.78 Å². The molecule has 120 valence electrons. The lowest BCUT2D eigenvalue weighted by Crippen LogP contribution is -2.37. The number of pyridine rings is 1. The summed E-state index contributed by atoms with van der Waals surface area (Å²) in [5.41, 5.74) is 2.43. The van der Waals surface area contributed by atoms with E-state index < -0.39 is 0 Å². The van der Waals surface area contributed by atoms with Crippen molar-refractivity contribution in [3.05, 3.63) is 52.8 Å². The molecule has 0 saturated carbocycles. The number of nitrogens with one attached hydrogen (secondary N) is 1. The second kappa shape index (κ2) is 7.13. The number of likely N-dealkylation sites (tertiary alicyclic amines) is 1. The monoisotopic (exact) mass is 373 g/mol. The number of amides is 1. The van der Waals surface area contributed by atoms with Crippen LogP contribution in [0.2, 0.25) is 0 Å². The summed E-state index contributed by atoms with van der Waals surface area (Å²) in [6.45, 7) is 3.92. The summed E-state index contributed by atoms with van der Waals surface area (Å²) in [4.78, 5) is 18.7. The summed E-state index contributed by atoms with van der Waals surface area (Å²) < 4.78 is 1.03. The Labute approximate surface area is 145 Å². The van der Waals surface area contributed by atoms with E-state index >= 15 is 0 Å². The number of rotatable bonds is 3. The van der Waals surface area contributed by atoms with Crippen molar-refractivity contribution in [2.75, 3.05) is 18.4 Å². The van der Waals surface area contributed by atoms with Crippen LogP contribution in [0.5, 0.6) is 0 Å². The van der Waals surface area contributed by atoms with E-state index in [0.29, 0.717) is 11.5 Å². The fourth-order valence-corrected chi connectivity index (χ4v) is 2.98. The van der Waals surface area contributed by atoms with E-state index in [4.69, 9.17) is 0 Å². The first kappa shape index (κ1) is 16.0. The number of hydrogen-bond donors (Lipinski definition) is 1. The van der Waals surface area contributed by atoms with Gasteiger partial charge in [0, 0.05) is 29.4 Å². The van der Waals surface area contributed by atoms with Crippen LogP contribution >= 0.6 is 15.9 Å². The Hall–Kier alpha value is -1.88. The minimum Gasteiger partial charge on any atom is -0.354 e. The van der Waals surface area contributed by atoms with Crippen LogP contribution < -0.4 is 5.32 Å². The third-order valence-electron chi connectivity index (χ3n) is 4.19. The van der Waals surface area contributed by atoms with Crippen molar-refractivity contribution in [1.82, 2.24) is 9.88 Å². The van der Waals surface area contributed by atoms with Crippen LogP contribution in [0.1, 0.15) is 30.1 Å². The summed E-state index contributed by atoms with van der Waals surface area (Å²) >= 11 is 3.42. The summed E-state index contributed by atoms with van der Waals surface area (Å²) in [7, 11) is 0. The second-order valence-electron chi connectivity index (χ2n) is 6.07. The highest BCUT2D eigenvalue weighted by molar-refractivity contribution is 9.10. The predicted octanol–water partition coefficient (Wildman–Crippen LogP) is 4.46. The van der Waals surface area contributed by atoms with Crippen LogP contribution in [0, 0.1) is 5.92 Å². The molecule has 1 aromatic heterocycles. The molecule has 1 aromatic carbocycles. The van der Waals surface area contributed by atoms with Crippen molar-refractivity contribution < 1.29 is 4.79 Å². The van der Waals surface area contributed by atoms with Gasteiger partial charge in [-0.25, -0.2) is 0 Å². The lowest BCUT2D eigenvalue weighted by atomic mass is 9.99. The number of carbonyl (C=O) groups is 1. The Kier molecular flexibility index (Phi) is 4.96. The smallest absolute Gasteiger partial charge is 0.255 e. The maximum absolute atomic E-state index is 12.6. The Morgan fingerprint density at radius 1 is 1.17 bits per heavy atom. The van der Waals surface area contributed by atoms with Crippen LogP contribution in [0.3, 0.4) is 0 Å². The van der Waals surface area contributed by atoms with Gasteiger partial charge < -0.3 is 10.2 Å². The van der Waals surface area contributed by atoms with Crippen molar-refractivity contribution in [1.29, 1.82) is 0 Å². The minimum atomic E-state index is 0.0730. The average Bonchev–Trinajstić information content (AvgIpc) is 2.57. The average molecular weight is 374 g/mol. The highest BCUT2D eigenvalue weighted by Gasteiger charge is 2.21. The summed E-state index contributed by atoms with van der Waals surface area (Å²) in [5.74, 6) is 0.784. The molecule has 0 spiro atoms. The van der Waals surface area contributed by atoms with Gasteiger partial charge in [0.25, 0.3) is 5.91 Å². The van der Waals surface area contributed by atoms with E-state index in [1.54, 1.807) is 12.4 Å². The molecule has 1 amide bonds. The quantitative estimate of drug-likeness (QED) is 0.863. The van der Waals surface area contributed by atoms with Gasteiger partial charge in [-0.1, -0.05) is 22.9 Å². The number of hydrogen-bond acceptors (Lipinski definition) is 3. The molecular weight excluding hydrogens is 354 g/mol. The summed E-state index contributed by atoms with van der Waals surface area (Å²) in [5, 5.41) is 3.28. The van der Waals surface area contributed by atoms with Crippen molar-refractivity contribution in [3.63, 3.8) is 0 Å². The molecule has 0 atom stereocenters. The highest BCUT2D eigenvalue weighted by Crippen LogP contribution is 2.21. The molecule has 1 saturated heterocycles. The molecule has 0 unspecified atom stereocenters. The zero-order chi connectivity index (χ0) is 16.2.